The van der Waals surface area contributed by atoms with Gasteiger partial charge in [0.25, 0.3) is 15.1 Å². The van der Waals surface area contributed by atoms with E-state index in [1.807, 2.05) is 0 Å². The third-order valence-corrected chi connectivity index (χ3v) is 3.01. The lowest BCUT2D eigenvalue weighted by atomic mass is 10.3. The van der Waals surface area contributed by atoms with Gasteiger partial charge in [-0.3, -0.25) is 0 Å². The highest BCUT2D eigenvalue weighted by Crippen LogP contribution is 2.22. The van der Waals surface area contributed by atoms with Gasteiger partial charge in [-0.25, -0.2) is 8.42 Å². The molecule has 1 aromatic heterocycles. The Bertz CT molecular complexity index is 590. The molecule has 0 atom stereocenters. The summed E-state index contributed by atoms with van der Waals surface area (Å²) in [5.41, 5.74) is 6.08. The smallest absolute Gasteiger partial charge is 0.292 e. The van der Waals surface area contributed by atoms with E-state index in [2.05, 4.69) is 4.98 Å². The average Bonchev–Trinajstić information content (AvgIpc) is 2.41. The molecule has 0 radical (unpaired) electrons. The van der Waals surface area contributed by atoms with Crippen molar-refractivity contribution in [2.24, 2.45) is 0 Å². The third-order valence-electron chi connectivity index (χ3n) is 1.66. The largest absolute Gasteiger partial charge is 0.424 e. The molecule has 7 heteroatoms. The van der Waals surface area contributed by atoms with Crippen molar-refractivity contribution >= 4 is 36.8 Å². The van der Waals surface area contributed by atoms with Crippen LogP contribution in [0.2, 0.25) is 0 Å². The number of nitrogens with two attached hydrogens (primary N) is 1. The molecule has 1 aromatic carbocycles. The summed E-state index contributed by atoms with van der Waals surface area (Å²) in [5.74, 6) is 0. The lowest BCUT2D eigenvalue weighted by Crippen LogP contribution is -1.88. The molecule has 2 rings (SSSR count). The van der Waals surface area contributed by atoms with Crippen LogP contribution in [0, 0.1) is 0 Å². The number of halogens is 1. The summed E-state index contributed by atoms with van der Waals surface area (Å²) in [6.45, 7) is 0. The number of aromatic nitrogens is 1. The molecule has 0 unspecified atom stereocenters. The minimum absolute atomic E-state index is 0.0101. The molecule has 2 N–H and O–H groups in total. The van der Waals surface area contributed by atoms with E-state index in [4.69, 9.17) is 20.8 Å². The van der Waals surface area contributed by atoms with Crippen molar-refractivity contribution in [3.05, 3.63) is 18.2 Å². The Kier molecular flexibility index (Phi) is 1.90. The Balaban J connectivity index is 2.74. The zero-order chi connectivity index (χ0) is 10.3. The number of fused-ring (bicyclic) bond motifs is 1. The molecule has 0 aliphatic rings. The van der Waals surface area contributed by atoms with Crippen molar-refractivity contribution in [2.45, 2.75) is 4.90 Å². The fourth-order valence-corrected chi connectivity index (χ4v) is 1.84. The summed E-state index contributed by atoms with van der Waals surface area (Å²) < 4.78 is 26.9. The second-order valence-electron chi connectivity index (χ2n) is 2.62. The number of nitrogen functional groups attached to an aromatic ring is 1. The normalized spacial score (nSPS) is 12.1. The van der Waals surface area contributed by atoms with E-state index in [9.17, 15) is 8.42 Å². The standard InChI is InChI=1S/C7H5ClN2O3S/c8-14(11,12)4-1-2-5-6(3-4)13-7(9)10-5/h1-3H,(H2,9,10). The Labute approximate surface area is 83.9 Å². The maximum absolute atomic E-state index is 11.0. The lowest BCUT2D eigenvalue weighted by molar-refractivity contribution is 0.607. The highest BCUT2D eigenvalue weighted by molar-refractivity contribution is 8.13. The molecule has 74 valence electrons. The van der Waals surface area contributed by atoms with Gasteiger partial charge in [0.2, 0.25) is 0 Å². The van der Waals surface area contributed by atoms with Gasteiger partial charge >= 0.3 is 0 Å². The van der Waals surface area contributed by atoms with Crippen molar-refractivity contribution in [3.8, 4) is 0 Å². The van der Waals surface area contributed by atoms with E-state index in [1.54, 1.807) is 0 Å². The van der Waals surface area contributed by atoms with Crippen molar-refractivity contribution < 1.29 is 12.8 Å². The highest BCUT2D eigenvalue weighted by atomic mass is 35.7. The number of anilines is 1. The molecule has 1 heterocycles. The second kappa shape index (κ2) is 2.86. The van der Waals surface area contributed by atoms with E-state index in [0.717, 1.165) is 0 Å². The molecule has 0 saturated carbocycles. The van der Waals surface area contributed by atoms with Crippen molar-refractivity contribution in [1.29, 1.82) is 0 Å². The van der Waals surface area contributed by atoms with E-state index in [1.165, 1.54) is 18.2 Å². The topological polar surface area (TPSA) is 86.2 Å². The SMILES string of the molecule is Nc1nc2ccc(S(=O)(=O)Cl)cc2o1. The van der Waals surface area contributed by atoms with Crippen LogP contribution >= 0.6 is 10.7 Å². The minimum Gasteiger partial charge on any atom is -0.424 e. The fraction of sp³-hybridized carbons (Fsp3) is 0. The van der Waals surface area contributed by atoms with Gasteiger partial charge in [-0.1, -0.05) is 0 Å². The first-order valence-electron chi connectivity index (χ1n) is 3.57. The van der Waals surface area contributed by atoms with Gasteiger partial charge < -0.3 is 10.2 Å². The van der Waals surface area contributed by atoms with Gasteiger partial charge in [-0.05, 0) is 12.1 Å². The van der Waals surface area contributed by atoms with Gasteiger partial charge in [-0.15, -0.1) is 0 Å². The molecule has 0 aliphatic carbocycles. The van der Waals surface area contributed by atoms with Gasteiger partial charge in [0.1, 0.15) is 5.52 Å². The quantitative estimate of drug-likeness (QED) is 0.750. The van der Waals surface area contributed by atoms with Crippen LogP contribution in [-0.2, 0) is 9.05 Å². The summed E-state index contributed by atoms with van der Waals surface area (Å²) in [6.07, 6.45) is 0. The Morgan fingerprint density at radius 2 is 2.14 bits per heavy atom. The summed E-state index contributed by atoms with van der Waals surface area (Å²) in [4.78, 5) is 3.77. The lowest BCUT2D eigenvalue weighted by Gasteiger charge is -1.93. The molecular weight excluding hydrogens is 228 g/mol. The first-order chi connectivity index (χ1) is 6.47. The second-order valence-corrected chi connectivity index (χ2v) is 5.19. The summed E-state index contributed by atoms with van der Waals surface area (Å²) in [5, 5.41) is 0. The number of nitrogens with zero attached hydrogens (tertiary/aromatic N) is 1. The van der Waals surface area contributed by atoms with Crippen LogP contribution < -0.4 is 5.73 Å². The van der Waals surface area contributed by atoms with Crippen molar-refractivity contribution in [2.75, 3.05) is 5.73 Å². The number of hydrogen-bond acceptors (Lipinski definition) is 5. The molecule has 5 nitrogen and oxygen atoms in total. The van der Waals surface area contributed by atoms with Gasteiger partial charge in [0, 0.05) is 16.7 Å². The zero-order valence-electron chi connectivity index (χ0n) is 6.77. The summed E-state index contributed by atoms with van der Waals surface area (Å²) in [6, 6.07) is 4.09. The van der Waals surface area contributed by atoms with Crippen molar-refractivity contribution in [3.63, 3.8) is 0 Å². The first kappa shape index (κ1) is 9.29. The number of rotatable bonds is 1. The molecule has 14 heavy (non-hydrogen) atoms. The van der Waals surface area contributed by atoms with Crippen LogP contribution in [-0.4, -0.2) is 13.4 Å². The average molecular weight is 233 g/mol. The predicted molar refractivity (Wildman–Crippen MR) is 51.5 cm³/mol. The predicted octanol–water partition coefficient (Wildman–Crippen LogP) is 1.34. The maximum atomic E-state index is 11.0. The fourth-order valence-electron chi connectivity index (χ4n) is 1.07. The summed E-state index contributed by atoms with van der Waals surface area (Å²) in [7, 11) is 1.40. The zero-order valence-corrected chi connectivity index (χ0v) is 8.34. The van der Waals surface area contributed by atoms with Crippen LogP contribution in [0.3, 0.4) is 0 Å². The van der Waals surface area contributed by atoms with E-state index in [0.29, 0.717) is 11.1 Å². The van der Waals surface area contributed by atoms with Crippen LogP contribution in [0.1, 0.15) is 0 Å². The Morgan fingerprint density at radius 3 is 2.79 bits per heavy atom. The molecule has 0 aliphatic heterocycles. The Morgan fingerprint density at radius 1 is 1.43 bits per heavy atom. The van der Waals surface area contributed by atoms with E-state index in [-0.39, 0.29) is 10.9 Å². The molecule has 0 bridgehead atoms. The minimum atomic E-state index is -3.74. The monoisotopic (exact) mass is 232 g/mol. The molecule has 0 amide bonds. The van der Waals surface area contributed by atoms with Crippen LogP contribution in [0.15, 0.2) is 27.5 Å². The third kappa shape index (κ3) is 1.53. The highest BCUT2D eigenvalue weighted by Gasteiger charge is 2.12. The molecule has 0 fully saturated rings. The maximum Gasteiger partial charge on any atom is 0.292 e. The van der Waals surface area contributed by atoms with Crippen molar-refractivity contribution in [1.82, 2.24) is 4.98 Å². The number of oxazole rings is 1. The first-order valence-corrected chi connectivity index (χ1v) is 5.88. The molecular formula is C7H5ClN2O3S. The molecule has 2 aromatic rings. The summed E-state index contributed by atoms with van der Waals surface area (Å²) >= 11 is 0. The van der Waals surface area contributed by atoms with E-state index < -0.39 is 9.05 Å². The van der Waals surface area contributed by atoms with E-state index >= 15 is 0 Å². The van der Waals surface area contributed by atoms with Crippen LogP contribution in [0.4, 0.5) is 6.01 Å². The molecule has 0 saturated heterocycles. The van der Waals surface area contributed by atoms with Crippen LogP contribution in [0.25, 0.3) is 11.1 Å². The van der Waals surface area contributed by atoms with Gasteiger partial charge in [0.05, 0.1) is 4.90 Å². The van der Waals surface area contributed by atoms with Gasteiger partial charge in [0.15, 0.2) is 5.58 Å². The van der Waals surface area contributed by atoms with Crippen LogP contribution in [0.5, 0.6) is 0 Å². The number of benzene rings is 1. The number of hydrogen-bond donors (Lipinski definition) is 1. The van der Waals surface area contributed by atoms with Gasteiger partial charge in [-0.2, -0.15) is 4.98 Å². The Hall–Kier alpha value is -1.27. The molecule has 0 spiro atoms.